The van der Waals surface area contributed by atoms with Gasteiger partial charge >= 0.3 is 5.97 Å². The molecule has 1 heterocycles. The van der Waals surface area contributed by atoms with Gasteiger partial charge in [0.25, 0.3) is 5.91 Å². The summed E-state index contributed by atoms with van der Waals surface area (Å²) in [6.45, 7) is 5.95. The van der Waals surface area contributed by atoms with Gasteiger partial charge in [-0.3, -0.25) is 9.59 Å². The van der Waals surface area contributed by atoms with E-state index in [0.29, 0.717) is 6.42 Å². The molecule has 0 radical (unpaired) electrons. The molecule has 20 heavy (non-hydrogen) atoms. The lowest BCUT2D eigenvalue weighted by Crippen LogP contribution is -2.55. The lowest BCUT2D eigenvalue weighted by Gasteiger charge is -2.37. The van der Waals surface area contributed by atoms with Crippen molar-refractivity contribution in [2.75, 3.05) is 0 Å². The Bertz CT molecular complexity index is 453. The maximum atomic E-state index is 12.8. The molecule has 2 bridgehead atoms. The molecular formula is C16H25NO3. The quantitative estimate of drug-likeness (QED) is 0.790. The third-order valence-electron chi connectivity index (χ3n) is 6.39. The molecule has 1 saturated heterocycles. The monoisotopic (exact) mass is 279 g/mol. The van der Waals surface area contributed by atoms with E-state index in [9.17, 15) is 9.59 Å². The molecule has 1 N–H and O–H groups in total. The van der Waals surface area contributed by atoms with Gasteiger partial charge < -0.3 is 10.1 Å². The van der Waals surface area contributed by atoms with Crippen LogP contribution in [0.25, 0.3) is 0 Å². The Balaban J connectivity index is 1.82. The minimum absolute atomic E-state index is 0.0658. The fraction of sp³-hybridized carbons (Fsp3) is 0.875. The average Bonchev–Trinajstić information content (AvgIpc) is 2.70. The summed E-state index contributed by atoms with van der Waals surface area (Å²) in [6.07, 6.45) is 7.12. The van der Waals surface area contributed by atoms with Gasteiger partial charge in [0.2, 0.25) is 0 Å². The van der Waals surface area contributed by atoms with Crippen LogP contribution in [0.2, 0.25) is 0 Å². The van der Waals surface area contributed by atoms with E-state index in [0.717, 1.165) is 19.3 Å². The first-order valence-electron chi connectivity index (χ1n) is 7.88. The summed E-state index contributed by atoms with van der Waals surface area (Å²) in [4.78, 5) is 25.0. The van der Waals surface area contributed by atoms with Gasteiger partial charge in [-0.1, -0.05) is 33.1 Å². The molecule has 2 aliphatic carbocycles. The van der Waals surface area contributed by atoms with E-state index in [2.05, 4.69) is 5.32 Å². The van der Waals surface area contributed by atoms with Crippen molar-refractivity contribution in [2.45, 2.75) is 77.4 Å². The lowest BCUT2D eigenvalue weighted by atomic mass is 9.66. The third-order valence-corrected chi connectivity index (χ3v) is 6.39. The zero-order chi connectivity index (χ0) is 14.6. The molecule has 0 aromatic rings. The van der Waals surface area contributed by atoms with Crippen molar-refractivity contribution >= 4 is 11.9 Å². The van der Waals surface area contributed by atoms with Gasteiger partial charge in [-0.25, -0.2) is 0 Å². The normalized spacial score (nSPS) is 39.6. The van der Waals surface area contributed by atoms with E-state index in [1.54, 1.807) is 0 Å². The Morgan fingerprint density at radius 1 is 1.15 bits per heavy atom. The Labute approximate surface area is 120 Å². The minimum Gasteiger partial charge on any atom is -0.448 e. The number of carbonyl (C=O) groups is 2. The summed E-state index contributed by atoms with van der Waals surface area (Å²) < 4.78 is 5.62. The Hall–Kier alpha value is -1.06. The lowest BCUT2D eigenvalue weighted by molar-refractivity contribution is -0.168. The SMILES string of the molecule is CC1(C)[C@@]2(C)CC[C@@]1(C(=O)NC1CCCCC1)OC2=O. The molecule has 3 fully saturated rings. The van der Waals surface area contributed by atoms with E-state index >= 15 is 0 Å². The van der Waals surface area contributed by atoms with E-state index in [4.69, 9.17) is 4.74 Å². The smallest absolute Gasteiger partial charge is 0.313 e. The fourth-order valence-electron chi connectivity index (χ4n) is 4.30. The summed E-state index contributed by atoms with van der Waals surface area (Å²) in [5.74, 6) is -0.267. The predicted octanol–water partition coefficient (Wildman–Crippen LogP) is 2.56. The van der Waals surface area contributed by atoms with Crippen LogP contribution in [0.3, 0.4) is 0 Å². The largest absolute Gasteiger partial charge is 0.448 e. The Morgan fingerprint density at radius 3 is 2.30 bits per heavy atom. The number of amides is 1. The van der Waals surface area contributed by atoms with Crippen LogP contribution in [0, 0.1) is 10.8 Å². The highest BCUT2D eigenvalue weighted by molar-refractivity contribution is 5.96. The molecule has 1 amide bonds. The summed E-state index contributed by atoms with van der Waals surface area (Å²) >= 11 is 0. The summed E-state index contributed by atoms with van der Waals surface area (Å²) in [5.41, 5.74) is -1.90. The molecular weight excluding hydrogens is 254 g/mol. The number of nitrogens with one attached hydrogen (secondary N) is 1. The van der Waals surface area contributed by atoms with Crippen molar-refractivity contribution in [1.29, 1.82) is 0 Å². The molecule has 0 unspecified atom stereocenters. The molecule has 4 nitrogen and oxygen atoms in total. The van der Waals surface area contributed by atoms with Gasteiger partial charge in [0.1, 0.15) is 0 Å². The number of hydrogen-bond donors (Lipinski definition) is 1. The van der Waals surface area contributed by atoms with Gasteiger partial charge in [-0.15, -0.1) is 0 Å². The van der Waals surface area contributed by atoms with E-state index in [1.165, 1.54) is 19.3 Å². The second-order valence-corrected chi connectivity index (χ2v) is 7.48. The molecule has 2 saturated carbocycles. The molecule has 0 spiro atoms. The van der Waals surface area contributed by atoms with Gasteiger partial charge in [-0.2, -0.15) is 0 Å². The number of fused-ring (bicyclic) bond motifs is 2. The molecule has 3 aliphatic rings. The van der Waals surface area contributed by atoms with Crippen molar-refractivity contribution in [3.63, 3.8) is 0 Å². The van der Waals surface area contributed by atoms with Crippen molar-refractivity contribution in [2.24, 2.45) is 10.8 Å². The predicted molar refractivity (Wildman–Crippen MR) is 75.0 cm³/mol. The second kappa shape index (κ2) is 4.22. The average molecular weight is 279 g/mol. The number of ether oxygens (including phenoxy) is 1. The van der Waals surface area contributed by atoms with E-state index in [-0.39, 0.29) is 17.9 Å². The van der Waals surface area contributed by atoms with Crippen molar-refractivity contribution in [1.82, 2.24) is 5.32 Å². The third kappa shape index (κ3) is 1.54. The molecule has 1 aliphatic heterocycles. The fourth-order valence-corrected chi connectivity index (χ4v) is 4.30. The Kier molecular flexibility index (Phi) is 2.93. The number of rotatable bonds is 2. The van der Waals surface area contributed by atoms with Gasteiger partial charge in [0.15, 0.2) is 5.60 Å². The first-order chi connectivity index (χ1) is 9.33. The summed E-state index contributed by atoms with van der Waals surface area (Å²) in [5, 5.41) is 3.16. The Morgan fingerprint density at radius 2 is 1.80 bits per heavy atom. The zero-order valence-electron chi connectivity index (χ0n) is 12.8. The van der Waals surface area contributed by atoms with Gasteiger partial charge in [-0.05, 0) is 32.6 Å². The topological polar surface area (TPSA) is 55.4 Å². The van der Waals surface area contributed by atoms with Crippen LogP contribution < -0.4 is 5.32 Å². The van der Waals surface area contributed by atoms with Crippen molar-refractivity contribution in [3.8, 4) is 0 Å². The number of carbonyl (C=O) groups excluding carboxylic acids is 2. The highest BCUT2D eigenvalue weighted by atomic mass is 16.6. The molecule has 4 heteroatoms. The van der Waals surface area contributed by atoms with Crippen molar-refractivity contribution < 1.29 is 14.3 Å². The van der Waals surface area contributed by atoms with Gasteiger partial charge in [0, 0.05) is 11.5 Å². The van der Waals surface area contributed by atoms with Crippen LogP contribution >= 0.6 is 0 Å². The highest BCUT2D eigenvalue weighted by Gasteiger charge is 2.75. The van der Waals surface area contributed by atoms with Crippen LogP contribution in [0.4, 0.5) is 0 Å². The zero-order valence-corrected chi connectivity index (χ0v) is 12.8. The molecule has 2 atom stereocenters. The van der Waals surface area contributed by atoms with Crippen LogP contribution in [-0.2, 0) is 14.3 Å². The summed E-state index contributed by atoms with van der Waals surface area (Å²) in [7, 11) is 0. The van der Waals surface area contributed by atoms with Crippen LogP contribution in [-0.4, -0.2) is 23.5 Å². The molecule has 112 valence electrons. The summed E-state index contributed by atoms with van der Waals surface area (Å²) in [6, 6.07) is 0.257. The highest BCUT2D eigenvalue weighted by Crippen LogP contribution is 2.65. The van der Waals surface area contributed by atoms with E-state index in [1.807, 2.05) is 20.8 Å². The van der Waals surface area contributed by atoms with Gasteiger partial charge in [0.05, 0.1) is 5.41 Å². The number of esters is 1. The molecule has 0 aromatic heterocycles. The maximum Gasteiger partial charge on any atom is 0.313 e. The van der Waals surface area contributed by atoms with Crippen LogP contribution in [0.15, 0.2) is 0 Å². The second-order valence-electron chi connectivity index (χ2n) is 7.48. The molecule has 3 rings (SSSR count). The first kappa shape index (κ1) is 13.9. The standard InChI is InChI=1S/C16H25NO3/c1-14(2)15(3)9-10-16(14,20-13(15)19)12(18)17-11-7-5-4-6-8-11/h11H,4-10H2,1-3H3,(H,17,18)/t15-,16-/m0/s1. The number of hydrogen-bond acceptors (Lipinski definition) is 3. The maximum absolute atomic E-state index is 12.8. The minimum atomic E-state index is -0.948. The van der Waals surface area contributed by atoms with E-state index < -0.39 is 16.4 Å². The first-order valence-corrected chi connectivity index (χ1v) is 7.88. The molecule has 0 aromatic carbocycles. The van der Waals surface area contributed by atoms with Crippen molar-refractivity contribution in [3.05, 3.63) is 0 Å². The van der Waals surface area contributed by atoms with Crippen LogP contribution in [0.1, 0.15) is 65.7 Å². The van der Waals surface area contributed by atoms with Crippen LogP contribution in [0.5, 0.6) is 0 Å².